The third-order valence-electron chi connectivity index (χ3n) is 12.2. The summed E-state index contributed by atoms with van der Waals surface area (Å²) in [7, 11) is -27.5. The van der Waals surface area contributed by atoms with Crippen LogP contribution in [0.3, 0.4) is 0 Å². The second kappa shape index (κ2) is 21.4. The highest BCUT2D eigenvalue weighted by Crippen LogP contribution is 2.37. The molecular formula is C45H34N10O23S6-6. The lowest BCUT2D eigenvalue weighted by atomic mass is 10.1. The van der Waals surface area contributed by atoms with E-state index in [9.17, 15) is 102 Å². The van der Waals surface area contributed by atoms with Crippen molar-refractivity contribution in [2.75, 3.05) is 31.9 Å². The maximum Gasteiger partial charge on any atom is 0.325 e. The first-order valence-corrected chi connectivity index (χ1v) is 31.0. The van der Waals surface area contributed by atoms with Gasteiger partial charge in [-0.25, -0.2) is 55.3 Å². The van der Waals surface area contributed by atoms with Gasteiger partial charge in [0.05, 0.1) is 63.0 Å². The minimum Gasteiger partial charge on any atom is -0.744 e. The predicted octanol–water partition coefficient (Wildman–Crippen LogP) is 1.42. The Kier molecular flexibility index (Phi) is 15.6. The molecule has 0 spiro atoms. The first kappa shape index (κ1) is 61.2. The second-order valence-corrected chi connectivity index (χ2v) is 26.2. The number of rotatable bonds is 16. The SMILES string of the molecule is Cn1cc(C(=O)Nc2cc(C(=O)Nc3cc(S(=O)(=O)[O-])cc4c(S(=O)(=O)[O-])cc(S(=O)(=O)[O-])cc34)cn2C)cc1NC(=O)Nc1cc(C(=O)Nc2cc(C(=O)Nc3cc(S(=O)(=O)[O-])cc4c(S(=O)(=O)[O-])cc(S(=O)(=O)[O-])cc34)cn2C)cn1C. The fourth-order valence-corrected chi connectivity index (χ4v) is 11.9. The summed E-state index contributed by atoms with van der Waals surface area (Å²) in [5.41, 5.74) is -2.13. The van der Waals surface area contributed by atoms with Crippen LogP contribution in [0.4, 0.5) is 39.4 Å². The molecule has 39 heteroatoms. The Hall–Kier alpha value is -8.87. The Bertz CT molecular complexity index is 4640. The van der Waals surface area contributed by atoms with Crippen molar-refractivity contribution in [1.82, 2.24) is 18.3 Å². The molecule has 33 nitrogen and oxygen atoms in total. The van der Waals surface area contributed by atoms with E-state index in [1.165, 1.54) is 71.0 Å². The minimum absolute atomic E-state index is 0.0346. The zero-order chi connectivity index (χ0) is 62.3. The molecule has 4 aromatic carbocycles. The standard InChI is InChI=1S/C45H40N10O23S6/c1-52-17-21(41(56)46-33-13-25(79(61,62)63)11-31-29(33)9-27(81(67,68)69)15-35(31)83(73,74)75)5-37(52)48-43(58)23-7-39(54(3)19-23)50-45(60)51-40-8-24(20-55(40)4)44(59)49-38-6-22(18-53(38)2)42(57)47-34-14-26(80(64,65)66)12-32-30(34)10-28(82(70,71)72)16-36(32)84(76,77)78/h5-20H,1-4H3,(H,46,56)(H,47,57)(H,48,58)(H,49,59)(H2,50,51,60)(H,61,62,63)(H,64,65,66)(H,67,68,69)(H,70,71,72)(H,73,74,75)(H,76,77,78)/p-6. The number of nitrogens with zero attached hydrogens (tertiary/aromatic N) is 4. The maximum atomic E-state index is 13.5. The van der Waals surface area contributed by atoms with Gasteiger partial charge in [0.25, 0.3) is 23.6 Å². The molecule has 6 amide bonds. The van der Waals surface area contributed by atoms with Crippen LogP contribution in [-0.4, -0.2) is 126 Å². The number of carbonyl (C=O) groups is 5. The number of urea groups is 1. The molecule has 4 heterocycles. The largest absolute Gasteiger partial charge is 0.744 e. The number of benzene rings is 4. The summed E-state index contributed by atoms with van der Waals surface area (Å²) < 4.78 is 221. The third kappa shape index (κ3) is 13.0. The smallest absolute Gasteiger partial charge is 0.325 e. The third-order valence-corrected chi connectivity index (χ3v) is 17.2. The first-order valence-electron chi connectivity index (χ1n) is 22.5. The Balaban J connectivity index is 0.934. The summed E-state index contributed by atoms with van der Waals surface area (Å²) >= 11 is 0. The molecule has 0 radical (unpaired) electrons. The van der Waals surface area contributed by atoms with E-state index in [-0.39, 0.29) is 57.7 Å². The predicted molar refractivity (Wildman–Crippen MR) is 282 cm³/mol. The summed E-state index contributed by atoms with van der Waals surface area (Å²) in [5, 5.41) is 11.5. The van der Waals surface area contributed by atoms with E-state index in [4.69, 9.17) is 0 Å². The molecule has 0 saturated heterocycles. The van der Waals surface area contributed by atoms with Crippen LogP contribution in [0, 0.1) is 0 Å². The lowest BCUT2D eigenvalue weighted by molar-refractivity contribution is 0.101. The fourth-order valence-electron chi connectivity index (χ4n) is 8.23. The molecule has 0 aliphatic rings. The van der Waals surface area contributed by atoms with Crippen LogP contribution in [0.2, 0.25) is 0 Å². The van der Waals surface area contributed by atoms with Gasteiger partial charge in [-0.05, 0) is 72.8 Å². The van der Waals surface area contributed by atoms with Gasteiger partial charge < -0.3 is 66.9 Å². The van der Waals surface area contributed by atoms with Gasteiger partial charge in [0.15, 0.2) is 0 Å². The molecule has 8 rings (SSSR count). The molecule has 8 aromatic rings. The van der Waals surface area contributed by atoms with Crippen molar-refractivity contribution < 1.29 is 102 Å². The van der Waals surface area contributed by atoms with Crippen LogP contribution in [0.5, 0.6) is 0 Å². The van der Waals surface area contributed by atoms with Crippen molar-refractivity contribution in [3.63, 3.8) is 0 Å². The Morgan fingerprint density at radius 2 is 0.548 bits per heavy atom. The van der Waals surface area contributed by atoms with Crippen molar-refractivity contribution in [2.45, 2.75) is 29.4 Å². The summed E-state index contributed by atoms with van der Waals surface area (Å²) in [4.78, 5) is 59.7. The number of hydrogen-bond acceptors (Lipinski definition) is 23. The van der Waals surface area contributed by atoms with Gasteiger partial charge in [-0.15, -0.1) is 0 Å². The molecular weight excluding hydrogens is 1240 g/mol. The molecule has 444 valence electrons. The van der Waals surface area contributed by atoms with Gasteiger partial charge in [0.2, 0.25) is 0 Å². The molecule has 0 atom stereocenters. The Morgan fingerprint density at radius 3 is 0.810 bits per heavy atom. The molecule has 0 aliphatic carbocycles. The van der Waals surface area contributed by atoms with Gasteiger partial charge in [-0.1, -0.05) is 0 Å². The van der Waals surface area contributed by atoms with E-state index in [1.54, 1.807) is 0 Å². The highest BCUT2D eigenvalue weighted by molar-refractivity contribution is 7.87. The van der Waals surface area contributed by atoms with Gasteiger partial charge in [-0.2, -0.15) is 0 Å². The number of carbonyl (C=O) groups excluding carboxylic acids is 5. The Labute approximate surface area is 473 Å². The lowest BCUT2D eigenvalue weighted by Crippen LogP contribution is -2.22. The van der Waals surface area contributed by atoms with Gasteiger partial charge in [0.1, 0.15) is 84.0 Å². The molecule has 0 bridgehead atoms. The van der Waals surface area contributed by atoms with Crippen LogP contribution in [0.25, 0.3) is 21.5 Å². The Morgan fingerprint density at radius 1 is 0.310 bits per heavy atom. The number of hydrogen-bond donors (Lipinski definition) is 6. The quantitative estimate of drug-likeness (QED) is 0.0745. The van der Waals surface area contributed by atoms with Crippen molar-refractivity contribution in [1.29, 1.82) is 0 Å². The van der Waals surface area contributed by atoms with E-state index in [2.05, 4.69) is 31.9 Å². The summed E-state index contributed by atoms with van der Waals surface area (Å²) in [6.07, 6.45) is 4.88. The number of anilines is 6. The average molecular weight is 1280 g/mol. The number of nitrogens with one attached hydrogen (secondary N) is 6. The molecule has 0 fully saturated rings. The van der Waals surface area contributed by atoms with Gasteiger partial charge >= 0.3 is 6.03 Å². The summed E-state index contributed by atoms with van der Waals surface area (Å²) in [6, 6.07) is 7.19. The van der Waals surface area contributed by atoms with E-state index in [0.717, 1.165) is 24.5 Å². The lowest BCUT2D eigenvalue weighted by Gasteiger charge is -2.19. The number of aryl methyl sites for hydroxylation is 4. The summed E-state index contributed by atoms with van der Waals surface area (Å²) in [5.74, 6) is -3.92. The normalized spacial score (nSPS) is 12.5. The number of fused-ring (bicyclic) bond motifs is 2. The molecule has 0 saturated carbocycles. The van der Waals surface area contributed by atoms with E-state index in [0.29, 0.717) is 36.4 Å². The summed E-state index contributed by atoms with van der Waals surface area (Å²) in [6.45, 7) is 0. The fraction of sp³-hybridized carbons (Fsp3) is 0.0889. The minimum atomic E-state index is -5.65. The van der Waals surface area contributed by atoms with Crippen molar-refractivity contribution in [3.05, 3.63) is 120 Å². The zero-order valence-electron chi connectivity index (χ0n) is 42.4. The van der Waals surface area contributed by atoms with Crippen molar-refractivity contribution in [3.8, 4) is 0 Å². The highest BCUT2D eigenvalue weighted by atomic mass is 32.2. The topological polar surface area (TPSA) is 520 Å². The molecule has 0 aliphatic heterocycles. The van der Waals surface area contributed by atoms with Crippen LogP contribution in [-0.2, 0) is 88.9 Å². The molecule has 4 aromatic heterocycles. The average Bonchev–Trinajstić information content (AvgIpc) is 2.17. The van der Waals surface area contributed by atoms with Crippen LogP contribution < -0.4 is 31.9 Å². The van der Waals surface area contributed by atoms with Crippen LogP contribution in [0.15, 0.2) is 127 Å². The van der Waals surface area contributed by atoms with E-state index in [1.807, 2.05) is 0 Å². The number of aromatic nitrogens is 4. The molecule has 84 heavy (non-hydrogen) atoms. The first-order chi connectivity index (χ1) is 38.6. The molecule has 0 unspecified atom stereocenters. The monoisotopic (exact) mass is 1270 g/mol. The second-order valence-electron chi connectivity index (χ2n) is 18.0. The van der Waals surface area contributed by atoms with Gasteiger partial charge in [-0.3, -0.25) is 29.8 Å². The maximum absolute atomic E-state index is 13.5. The van der Waals surface area contributed by atoms with Gasteiger partial charge in [0, 0.05) is 74.5 Å². The zero-order valence-corrected chi connectivity index (χ0v) is 47.3. The number of amides is 6. The van der Waals surface area contributed by atoms with Crippen molar-refractivity contribution >= 4 is 147 Å². The van der Waals surface area contributed by atoms with Crippen LogP contribution >= 0.6 is 0 Å². The van der Waals surface area contributed by atoms with E-state index < -0.39 is 153 Å². The molecule has 6 N–H and O–H groups in total. The highest BCUT2D eigenvalue weighted by Gasteiger charge is 2.25. The van der Waals surface area contributed by atoms with E-state index >= 15 is 0 Å². The van der Waals surface area contributed by atoms with Crippen LogP contribution in [0.1, 0.15) is 41.4 Å². The van der Waals surface area contributed by atoms with Crippen molar-refractivity contribution in [2.24, 2.45) is 28.2 Å².